The molecule has 1 aromatic carbocycles. The molecule has 1 saturated heterocycles. The largest absolute Gasteiger partial charge is 0.478 e. The summed E-state index contributed by atoms with van der Waals surface area (Å²) in [6.45, 7) is 1.94. The van der Waals surface area contributed by atoms with E-state index in [0.29, 0.717) is 0 Å². The second kappa shape index (κ2) is 4.60. The normalized spacial score (nSPS) is 19.4. The maximum absolute atomic E-state index is 11.7. The number of carbonyl (C=O) groups is 3. The number of imide groups is 1. The molecular formula is C13H13NO4. The second-order valence-electron chi connectivity index (χ2n) is 4.43. The number of aromatic carboxylic acids is 1. The molecule has 18 heavy (non-hydrogen) atoms. The van der Waals surface area contributed by atoms with Crippen molar-refractivity contribution < 1.29 is 19.5 Å². The molecule has 1 aromatic rings. The molecule has 1 atom stereocenters. The van der Waals surface area contributed by atoms with Crippen LogP contribution >= 0.6 is 0 Å². The van der Waals surface area contributed by atoms with Crippen LogP contribution in [-0.2, 0) is 16.1 Å². The molecule has 0 radical (unpaired) electrons. The number of likely N-dealkylation sites (tertiary alicyclic amines) is 1. The van der Waals surface area contributed by atoms with Gasteiger partial charge in [-0.05, 0) is 17.7 Å². The van der Waals surface area contributed by atoms with Crippen LogP contribution in [0.1, 0.15) is 29.3 Å². The Morgan fingerprint density at radius 1 is 1.33 bits per heavy atom. The minimum Gasteiger partial charge on any atom is -0.478 e. The zero-order chi connectivity index (χ0) is 13.3. The molecule has 0 spiro atoms. The van der Waals surface area contributed by atoms with Crippen LogP contribution in [0.5, 0.6) is 0 Å². The Balaban J connectivity index is 2.12. The highest BCUT2D eigenvalue weighted by molar-refractivity contribution is 6.03. The Hall–Kier alpha value is -2.17. The van der Waals surface area contributed by atoms with Gasteiger partial charge in [-0.1, -0.05) is 19.1 Å². The number of hydrogen-bond donors (Lipinski definition) is 1. The summed E-state index contributed by atoms with van der Waals surface area (Å²) >= 11 is 0. The third-order valence-electron chi connectivity index (χ3n) is 3.01. The van der Waals surface area contributed by atoms with Gasteiger partial charge in [0.05, 0.1) is 12.1 Å². The van der Waals surface area contributed by atoms with Crippen LogP contribution in [0.4, 0.5) is 0 Å². The summed E-state index contributed by atoms with van der Waals surface area (Å²) in [6.07, 6.45) is 0.256. The van der Waals surface area contributed by atoms with Crippen LogP contribution in [0.25, 0.3) is 0 Å². The van der Waals surface area contributed by atoms with Crippen LogP contribution in [0.15, 0.2) is 24.3 Å². The van der Waals surface area contributed by atoms with Gasteiger partial charge in [0, 0.05) is 12.3 Å². The van der Waals surface area contributed by atoms with Crippen molar-refractivity contribution in [1.82, 2.24) is 4.90 Å². The summed E-state index contributed by atoms with van der Waals surface area (Å²) < 4.78 is 0. The van der Waals surface area contributed by atoms with Crippen molar-refractivity contribution in [3.05, 3.63) is 35.4 Å². The summed E-state index contributed by atoms with van der Waals surface area (Å²) in [5.41, 5.74) is 0.932. The van der Waals surface area contributed by atoms with Gasteiger partial charge >= 0.3 is 5.97 Å². The lowest BCUT2D eigenvalue weighted by Gasteiger charge is -2.14. The number of nitrogens with zero attached hydrogens (tertiary/aromatic N) is 1. The molecule has 5 heteroatoms. The van der Waals surface area contributed by atoms with E-state index in [1.54, 1.807) is 19.1 Å². The van der Waals surface area contributed by atoms with E-state index in [1.807, 2.05) is 0 Å². The summed E-state index contributed by atoms with van der Waals surface area (Å²) in [4.78, 5) is 35.2. The van der Waals surface area contributed by atoms with Gasteiger partial charge in [-0.3, -0.25) is 14.5 Å². The summed E-state index contributed by atoms with van der Waals surface area (Å²) in [6, 6.07) is 6.16. The SMILES string of the molecule is CC1CC(=O)N(Cc2ccc(C(=O)O)cc2)C1=O. The van der Waals surface area contributed by atoms with Gasteiger partial charge in [0.1, 0.15) is 0 Å². The molecule has 0 saturated carbocycles. The van der Waals surface area contributed by atoms with E-state index in [4.69, 9.17) is 5.11 Å². The third-order valence-corrected chi connectivity index (χ3v) is 3.01. The zero-order valence-corrected chi connectivity index (χ0v) is 9.92. The molecule has 0 aromatic heterocycles. The summed E-state index contributed by atoms with van der Waals surface area (Å²) in [5, 5.41) is 8.76. The fraction of sp³-hybridized carbons (Fsp3) is 0.308. The van der Waals surface area contributed by atoms with Crippen molar-refractivity contribution in [2.45, 2.75) is 19.9 Å². The lowest BCUT2D eigenvalue weighted by atomic mass is 10.1. The van der Waals surface area contributed by atoms with Crippen LogP contribution in [0.2, 0.25) is 0 Å². The van der Waals surface area contributed by atoms with Crippen LogP contribution in [0, 0.1) is 5.92 Å². The van der Waals surface area contributed by atoms with Crippen molar-refractivity contribution in [2.24, 2.45) is 5.92 Å². The Morgan fingerprint density at radius 3 is 2.39 bits per heavy atom. The first-order valence-corrected chi connectivity index (χ1v) is 5.65. The summed E-state index contributed by atoms with van der Waals surface area (Å²) in [5.74, 6) is -1.59. The van der Waals surface area contributed by atoms with Crippen molar-refractivity contribution >= 4 is 17.8 Å². The molecule has 1 unspecified atom stereocenters. The number of benzene rings is 1. The van der Waals surface area contributed by atoms with Gasteiger partial charge < -0.3 is 5.11 Å². The number of carboxylic acids is 1. The van der Waals surface area contributed by atoms with Crippen molar-refractivity contribution in [3.8, 4) is 0 Å². The average Bonchev–Trinajstić information content (AvgIpc) is 2.57. The molecule has 1 heterocycles. The Kier molecular flexibility index (Phi) is 3.14. The molecule has 0 aliphatic carbocycles. The number of carbonyl (C=O) groups excluding carboxylic acids is 2. The van der Waals surface area contributed by atoms with Gasteiger partial charge in [-0.2, -0.15) is 0 Å². The van der Waals surface area contributed by atoms with Gasteiger partial charge in [0.15, 0.2) is 0 Å². The van der Waals surface area contributed by atoms with Crippen LogP contribution in [0.3, 0.4) is 0 Å². The maximum atomic E-state index is 11.7. The minimum atomic E-state index is -0.997. The molecule has 1 aliphatic heterocycles. The van der Waals surface area contributed by atoms with E-state index < -0.39 is 5.97 Å². The third kappa shape index (κ3) is 2.25. The molecule has 2 rings (SSSR count). The molecule has 0 bridgehead atoms. The zero-order valence-electron chi connectivity index (χ0n) is 9.92. The van der Waals surface area contributed by atoms with Gasteiger partial charge in [0.2, 0.25) is 11.8 Å². The second-order valence-corrected chi connectivity index (χ2v) is 4.43. The minimum absolute atomic E-state index is 0.165. The lowest BCUT2D eigenvalue weighted by molar-refractivity contribution is -0.139. The fourth-order valence-electron chi connectivity index (χ4n) is 1.95. The Labute approximate surface area is 104 Å². The standard InChI is InChI=1S/C13H13NO4/c1-8-6-11(15)14(12(8)16)7-9-2-4-10(5-3-9)13(17)18/h2-5,8H,6-7H2,1H3,(H,17,18). The molecule has 1 fully saturated rings. The topological polar surface area (TPSA) is 74.7 Å². The van der Waals surface area contributed by atoms with E-state index in [1.165, 1.54) is 17.0 Å². The monoisotopic (exact) mass is 247 g/mol. The number of hydrogen-bond acceptors (Lipinski definition) is 3. The number of rotatable bonds is 3. The van der Waals surface area contributed by atoms with Crippen LogP contribution < -0.4 is 0 Å². The van der Waals surface area contributed by atoms with Gasteiger partial charge in [-0.15, -0.1) is 0 Å². The Morgan fingerprint density at radius 2 is 1.94 bits per heavy atom. The number of carboxylic acid groups (broad SMARTS) is 1. The van der Waals surface area contributed by atoms with E-state index in [0.717, 1.165) is 5.56 Å². The molecule has 2 amide bonds. The molecular weight excluding hydrogens is 234 g/mol. The van der Waals surface area contributed by atoms with E-state index in [9.17, 15) is 14.4 Å². The van der Waals surface area contributed by atoms with Crippen molar-refractivity contribution in [2.75, 3.05) is 0 Å². The number of amides is 2. The lowest BCUT2D eigenvalue weighted by Crippen LogP contribution is -2.29. The van der Waals surface area contributed by atoms with Gasteiger partial charge in [0.25, 0.3) is 0 Å². The van der Waals surface area contributed by atoms with E-state index >= 15 is 0 Å². The highest BCUT2D eigenvalue weighted by Gasteiger charge is 2.35. The Bertz CT molecular complexity index is 506. The van der Waals surface area contributed by atoms with Crippen LogP contribution in [-0.4, -0.2) is 27.8 Å². The molecule has 1 aliphatic rings. The first-order valence-electron chi connectivity index (χ1n) is 5.65. The van der Waals surface area contributed by atoms with E-state index in [-0.39, 0.29) is 36.3 Å². The maximum Gasteiger partial charge on any atom is 0.335 e. The predicted octanol–water partition coefficient (Wildman–Crippen LogP) is 1.28. The first-order chi connectivity index (χ1) is 8.49. The fourth-order valence-corrected chi connectivity index (χ4v) is 1.95. The highest BCUT2D eigenvalue weighted by Crippen LogP contribution is 2.21. The average molecular weight is 247 g/mol. The smallest absolute Gasteiger partial charge is 0.335 e. The molecule has 5 nitrogen and oxygen atoms in total. The van der Waals surface area contributed by atoms with Crippen molar-refractivity contribution in [3.63, 3.8) is 0 Å². The van der Waals surface area contributed by atoms with Gasteiger partial charge in [-0.25, -0.2) is 4.79 Å². The highest BCUT2D eigenvalue weighted by atomic mass is 16.4. The van der Waals surface area contributed by atoms with E-state index in [2.05, 4.69) is 0 Å². The first kappa shape index (κ1) is 12.3. The molecule has 1 N–H and O–H groups in total. The predicted molar refractivity (Wildman–Crippen MR) is 62.7 cm³/mol. The quantitative estimate of drug-likeness (QED) is 0.816. The molecule has 94 valence electrons. The van der Waals surface area contributed by atoms with Crippen molar-refractivity contribution in [1.29, 1.82) is 0 Å². The summed E-state index contributed by atoms with van der Waals surface area (Å²) in [7, 11) is 0.